The van der Waals surface area contributed by atoms with E-state index in [2.05, 4.69) is 0 Å². The molecule has 0 unspecified atom stereocenters. The lowest BCUT2D eigenvalue weighted by Crippen LogP contribution is -2.01. The highest BCUT2D eigenvalue weighted by Crippen LogP contribution is 2.32. The molecule has 100 valence electrons. The van der Waals surface area contributed by atoms with Crippen LogP contribution >= 0.6 is 0 Å². The Hall–Kier alpha value is -2.55. The largest absolute Gasteiger partial charge is 0.508 e. The summed E-state index contributed by atoms with van der Waals surface area (Å²) in [6.07, 6.45) is 3.89. The van der Waals surface area contributed by atoms with Gasteiger partial charge in [-0.25, -0.2) is 4.79 Å². The maximum absolute atomic E-state index is 12.1. The molecular weight excluding hydrogens is 252 g/mol. The average Bonchev–Trinajstić information content (AvgIpc) is 2.44. The topological polar surface area (TPSA) is 50.4 Å². The molecule has 0 radical (unpaired) electrons. The van der Waals surface area contributed by atoms with Crippen molar-refractivity contribution in [1.29, 1.82) is 0 Å². The van der Waals surface area contributed by atoms with E-state index in [4.69, 9.17) is 4.42 Å². The Bertz CT molecular complexity index is 901. The number of aromatic hydroxyl groups is 1. The Kier molecular flexibility index (Phi) is 2.83. The van der Waals surface area contributed by atoms with Gasteiger partial charge in [0.15, 0.2) is 0 Å². The number of phenols is 1. The molecule has 0 atom stereocenters. The van der Waals surface area contributed by atoms with E-state index in [0.29, 0.717) is 16.5 Å². The number of fused-ring (bicyclic) bond motifs is 3. The zero-order chi connectivity index (χ0) is 14.3. The third-order valence-corrected chi connectivity index (χ3v) is 3.50. The van der Waals surface area contributed by atoms with Gasteiger partial charge in [-0.15, -0.1) is 0 Å². The van der Waals surface area contributed by atoms with E-state index < -0.39 is 0 Å². The molecule has 3 rings (SSSR count). The first-order chi connectivity index (χ1) is 9.63. The molecule has 2 aromatic carbocycles. The fourth-order valence-corrected chi connectivity index (χ4v) is 2.52. The number of rotatable bonds is 1. The fraction of sp³-hybridized carbons (Fsp3) is 0.118. The summed E-state index contributed by atoms with van der Waals surface area (Å²) in [6.45, 7) is 3.67. The van der Waals surface area contributed by atoms with Crippen LogP contribution in [-0.2, 0) is 0 Å². The number of aryl methyl sites for hydroxylation is 1. The van der Waals surface area contributed by atoms with Crippen molar-refractivity contribution in [3.05, 3.63) is 58.0 Å². The van der Waals surface area contributed by atoms with Crippen LogP contribution in [0.3, 0.4) is 0 Å². The lowest BCUT2D eigenvalue weighted by Gasteiger charge is -2.08. The van der Waals surface area contributed by atoms with Crippen molar-refractivity contribution in [3.63, 3.8) is 0 Å². The van der Waals surface area contributed by atoms with Gasteiger partial charge < -0.3 is 9.52 Å². The monoisotopic (exact) mass is 266 g/mol. The first kappa shape index (κ1) is 12.5. The number of hydrogen-bond acceptors (Lipinski definition) is 3. The van der Waals surface area contributed by atoms with Gasteiger partial charge in [0, 0.05) is 16.3 Å². The summed E-state index contributed by atoms with van der Waals surface area (Å²) in [6, 6.07) is 8.98. The van der Waals surface area contributed by atoms with Crippen LogP contribution in [0.15, 0.2) is 45.6 Å². The Balaban J connectivity index is 2.65. The predicted octanol–water partition coefficient (Wildman–Crippen LogP) is 3.99. The van der Waals surface area contributed by atoms with Crippen molar-refractivity contribution in [3.8, 4) is 5.75 Å². The molecule has 0 aliphatic rings. The second-order valence-corrected chi connectivity index (χ2v) is 4.75. The van der Waals surface area contributed by atoms with Crippen molar-refractivity contribution in [2.45, 2.75) is 13.8 Å². The Morgan fingerprint density at radius 3 is 2.70 bits per heavy atom. The highest BCUT2D eigenvalue weighted by molar-refractivity contribution is 6.09. The third-order valence-electron chi connectivity index (χ3n) is 3.50. The second kappa shape index (κ2) is 4.53. The second-order valence-electron chi connectivity index (χ2n) is 4.75. The van der Waals surface area contributed by atoms with Crippen LogP contribution in [0.5, 0.6) is 5.75 Å². The van der Waals surface area contributed by atoms with E-state index in [1.165, 1.54) is 0 Å². The van der Waals surface area contributed by atoms with Crippen molar-refractivity contribution in [2.24, 2.45) is 0 Å². The standard InChI is InChI=1S/C17H14O3/c1-3-5-11-6-4-7-13-15(11)12-8-9-14(18)10(2)16(12)20-17(13)19/h3-9,18H,1-2H3/b5-3+. The van der Waals surface area contributed by atoms with Crippen molar-refractivity contribution >= 4 is 27.8 Å². The van der Waals surface area contributed by atoms with Crippen molar-refractivity contribution in [2.75, 3.05) is 0 Å². The lowest BCUT2D eigenvalue weighted by atomic mass is 10.00. The Morgan fingerprint density at radius 1 is 1.15 bits per heavy atom. The van der Waals surface area contributed by atoms with Gasteiger partial charge in [0.2, 0.25) is 0 Å². The molecule has 3 heteroatoms. The number of phenolic OH excluding ortho intramolecular Hbond substituents is 1. The smallest absolute Gasteiger partial charge is 0.344 e. The van der Waals surface area contributed by atoms with Crippen LogP contribution in [0, 0.1) is 6.92 Å². The van der Waals surface area contributed by atoms with Gasteiger partial charge in [-0.2, -0.15) is 0 Å². The molecule has 0 saturated carbocycles. The van der Waals surface area contributed by atoms with Crippen LogP contribution in [-0.4, -0.2) is 5.11 Å². The van der Waals surface area contributed by atoms with E-state index in [1.54, 1.807) is 25.1 Å². The lowest BCUT2D eigenvalue weighted by molar-refractivity contribution is 0.468. The zero-order valence-corrected chi connectivity index (χ0v) is 11.3. The van der Waals surface area contributed by atoms with Gasteiger partial charge >= 0.3 is 5.63 Å². The highest BCUT2D eigenvalue weighted by atomic mass is 16.4. The molecule has 1 N–H and O–H groups in total. The molecule has 1 heterocycles. The SMILES string of the molecule is C/C=C/c1cccc2c(=O)oc3c(C)c(O)ccc3c12. The molecule has 20 heavy (non-hydrogen) atoms. The molecule has 1 aromatic heterocycles. The molecule has 0 amide bonds. The molecular formula is C17H14O3. The molecule has 0 bridgehead atoms. The summed E-state index contributed by atoms with van der Waals surface area (Å²) in [4.78, 5) is 12.1. The molecule has 3 aromatic rings. The van der Waals surface area contributed by atoms with Crippen molar-refractivity contribution < 1.29 is 9.52 Å². The molecule has 0 spiro atoms. The predicted molar refractivity (Wildman–Crippen MR) is 81.1 cm³/mol. The fourth-order valence-electron chi connectivity index (χ4n) is 2.52. The summed E-state index contributed by atoms with van der Waals surface area (Å²) in [5.41, 5.74) is 1.61. The summed E-state index contributed by atoms with van der Waals surface area (Å²) in [5, 5.41) is 12.0. The molecule has 3 nitrogen and oxygen atoms in total. The minimum atomic E-state index is -0.382. The van der Waals surface area contributed by atoms with E-state index in [-0.39, 0.29) is 11.4 Å². The normalized spacial score (nSPS) is 11.7. The van der Waals surface area contributed by atoms with Gasteiger partial charge in [0.25, 0.3) is 0 Å². The van der Waals surface area contributed by atoms with Crippen LogP contribution in [0.4, 0.5) is 0 Å². The molecule has 0 aliphatic heterocycles. The minimum absolute atomic E-state index is 0.128. The summed E-state index contributed by atoms with van der Waals surface area (Å²) >= 11 is 0. The zero-order valence-electron chi connectivity index (χ0n) is 11.3. The highest BCUT2D eigenvalue weighted by Gasteiger charge is 2.13. The summed E-state index contributed by atoms with van der Waals surface area (Å²) in [5.74, 6) is 0.128. The van der Waals surface area contributed by atoms with Crippen LogP contribution in [0.2, 0.25) is 0 Å². The summed E-state index contributed by atoms with van der Waals surface area (Å²) in [7, 11) is 0. The number of hydrogen-bond donors (Lipinski definition) is 1. The van der Waals surface area contributed by atoms with E-state index >= 15 is 0 Å². The van der Waals surface area contributed by atoms with E-state index in [1.807, 2.05) is 31.2 Å². The van der Waals surface area contributed by atoms with E-state index in [9.17, 15) is 9.90 Å². The van der Waals surface area contributed by atoms with E-state index in [0.717, 1.165) is 16.3 Å². The summed E-state index contributed by atoms with van der Waals surface area (Å²) < 4.78 is 5.38. The van der Waals surface area contributed by atoms with Gasteiger partial charge in [0.05, 0.1) is 5.39 Å². The third kappa shape index (κ3) is 1.71. The molecule has 0 saturated heterocycles. The number of allylic oxidation sites excluding steroid dienone is 1. The van der Waals surface area contributed by atoms with Crippen LogP contribution in [0.1, 0.15) is 18.1 Å². The molecule has 0 aliphatic carbocycles. The number of benzene rings is 2. The minimum Gasteiger partial charge on any atom is -0.508 e. The van der Waals surface area contributed by atoms with Crippen LogP contribution in [0.25, 0.3) is 27.8 Å². The first-order valence-corrected chi connectivity index (χ1v) is 6.44. The van der Waals surface area contributed by atoms with Crippen LogP contribution < -0.4 is 5.63 Å². The maximum atomic E-state index is 12.1. The Morgan fingerprint density at radius 2 is 1.95 bits per heavy atom. The van der Waals surface area contributed by atoms with Gasteiger partial charge in [-0.3, -0.25) is 0 Å². The first-order valence-electron chi connectivity index (χ1n) is 6.44. The van der Waals surface area contributed by atoms with Gasteiger partial charge in [0.1, 0.15) is 11.3 Å². The quantitative estimate of drug-likeness (QED) is 0.535. The van der Waals surface area contributed by atoms with Crippen molar-refractivity contribution in [1.82, 2.24) is 0 Å². The molecule has 0 fully saturated rings. The average molecular weight is 266 g/mol. The Labute approximate surface area is 115 Å². The van der Waals surface area contributed by atoms with Gasteiger partial charge in [-0.1, -0.05) is 24.3 Å². The maximum Gasteiger partial charge on any atom is 0.344 e. The van der Waals surface area contributed by atoms with Gasteiger partial charge in [-0.05, 0) is 37.6 Å².